The van der Waals surface area contributed by atoms with Gasteiger partial charge >= 0.3 is 0 Å². The van der Waals surface area contributed by atoms with Crippen LogP contribution in [-0.4, -0.2) is 15.1 Å². The van der Waals surface area contributed by atoms with Crippen molar-refractivity contribution in [3.63, 3.8) is 0 Å². The number of nitrogens with zero attached hydrogens (tertiary/aromatic N) is 1. The quantitative estimate of drug-likeness (QED) is 0.866. The van der Waals surface area contributed by atoms with Gasteiger partial charge in [-0.1, -0.05) is 36.8 Å². The fourth-order valence-corrected chi connectivity index (χ4v) is 2.70. The lowest BCUT2D eigenvalue weighted by atomic mass is 9.64. The Morgan fingerprint density at radius 1 is 1.26 bits per heavy atom. The number of hydrogen-bond donors (Lipinski definition) is 2. The highest BCUT2D eigenvalue weighted by Gasteiger charge is 2.42. The molecule has 1 aliphatic carbocycles. The second kappa shape index (κ2) is 4.23. The fraction of sp³-hybridized carbons (Fsp3) is 0.333. The minimum atomic E-state index is -0.260. The van der Waals surface area contributed by atoms with Gasteiger partial charge in [-0.25, -0.2) is 0 Å². The maximum Gasteiger partial charge on any atom is 0.257 e. The second-order valence-electron chi connectivity index (χ2n) is 5.16. The van der Waals surface area contributed by atoms with Crippen LogP contribution in [0.15, 0.2) is 35.1 Å². The zero-order chi connectivity index (χ0) is 13.5. The topological polar surface area (TPSA) is 66.0 Å². The Hall–Kier alpha value is -2.10. The van der Waals surface area contributed by atoms with E-state index in [0.29, 0.717) is 5.82 Å². The molecule has 0 amide bonds. The van der Waals surface area contributed by atoms with E-state index in [2.05, 4.69) is 22.1 Å². The molecule has 1 aromatic carbocycles. The van der Waals surface area contributed by atoms with Crippen molar-refractivity contribution < 1.29 is 5.11 Å². The third kappa shape index (κ3) is 1.75. The summed E-state index contributed by atoms with van der Waals surface area (Å²) in [6.45, 7) is 1.57. The van der Waals surface area contributed by atoms with Crippen molar-refractivity contribution in [2.75, 3.05) is 0 Å². The van der Waals surface area contributed by atoms with Crippen LogP contribution in [0.4, 0.5) is 0 Å². The number of rotatable bonds is 2. The Kier molecular flexibility index (Phi) is 2.66. The van der Waals surface area contributed by atoms with Crippen LogP contribution in [0.2, 0.25) is 0 Å². The molecule has 4 heteroatoms. The van der Waals surface area contributed by atoms with E-state index >= 15 is 0 Å². The van der Waals surface area contributed by atoms with Crippen LogP contribution >= 0.6 is 0 Å². The summed E-state index contributed by atoms with van der Waals surface area (Å²) in [5.41, 5.74) is 0.912. The molecular formula is C15H16N2O2. The number of H-pyrrole nitrogens is 1. The maximum absolute atomic E-state index is 11.8. The third-order valence-electron chi connectivity index (χ3n) is 4.11. The number of nitrogens with one attached hydrogen (secondary N) is 1. The molecule has 0 atom stereocenters. The van der Waals surface area contributed by atoms with Gasteiger partial charge in [-0.05, 0) is 25.3 Å². The van der Waals surface area contributed by atoms with Crippen LogP contribution in [0, 0.1) is 6.92 Å². The number of benzene rings is 1. The van der Waals surface area contributed by atoms with Crippen LogP contribution in [0.1, 0.15) is 36.2 Å². The SMILES string of the molecule is Cc1c(O)nc(C2(c3ccccc3)CCC2)[nH]c1=O. The average molecular weight is 256 g/mol. The van der Waals surface area contributed by atoms with Crippen LogP contribution in [0.25, 0.3) is 0 Å². The molecule has 0 aliphatic heterocycles. The summed E-state index contributed by atoms with van der Waals surface area (Å²) in [5.74, 6) is 0.416. The summed E-state index contributed by atoms with van der Waals surface area (Å²) in [4.78, 5) is 18.9. The Labute approximate surface area is 111 Å². The van der Waals surface area contributed by atoms with Gasteiger partial charge in [0.25, 0.3) is 5.56 Å². The van der Waals surface area contributed by atoms with Crippen LogP contribution < -0.4 is 5.56 Å². The summed E-state index contributed by atoms with van der Waals surface area (Å²) in [5, 5.41) is 9.78. The molecule has 3 rings (SSSR count). The lowest BCUT2D eigenvalue weighted by molar-refractivity contribution is 0.280. The van der Waals surface area contributed by atoms with Crippen LogP contribution in [0.3, 0.4) is 0 Å². The molecule has 1 fully saturated rings. The van der Waals surface area contributed by atoms with Crippen molar-refractivity contribution in [3.8, 4) is 5.88 Å². The molecule has 0 spiro atoms. The van der Waals surface area contributed by atoms with Gasteiger partial charge in [0, 0.05) is 0 Å². The van der Waals surface area contributed by atoms with E-state index in [9.17, 15) is 9.90 Å². The zero-order valence-electron chi connectivity index (χ0n) is 10.8. The summed E-state index contributed by atoms with van der Waals surface area (Å²) >= 11 is 0. The molecule has 1 heterocycles. The van der Waals surface area contributed by atoms with Gasteiger partial charge in [0.2, 0.25) is 5.88 Å². The molecule has 1 aliphatic rings. The van der Waals surface area contributed by atoms with Gasteiger partial charge < -0.3 is 10.1 Å². The lowest BCUT2D eigenvalue weighted by Crippen LogP contribution is -2.39. The molecule has 2 N–H and O–H groups in total. The minimum Gasteiger partial charge on any atom is -0.493 e. The number of hydrogen-bond acceptors (Lipinski definition) is 3. The fourth-order valence-electron chi connectivity index (χ4n) is 2.70. The van der Waals surface area contributed by atoms with Crippen molar-refractivity contribution in [2.24, 2.45) is 0 Å². The van der Waals surface area contributed by atoms with Gasteiger partial charge in [0.05, 0.1) is 11.0 Å². The highest BCUT2D eigenvalue weighted by atomic mass is 16.3. The number of aromatic amines is 1. The molecule has 0 bridgehead atoms. The molecule has 1 aromatic heterocycles. The predicted octanol–water partition coefficient (Wildman–Crippen LogP) is 2.25. The van der Waals surface area contributed by atoms with Crippen molar-refractivity contribution >= 4 is 0 Å². The lowest BCUT2D eigenvalue weighted by Gasteiger charge is -2.41. The van der Waals surface area contributed by atoms with E-state index in [1.54, 1.807) is 6.92 Å². The first-order valence-corrected chi connectivity index (χ1v) is 6.49. The van der Waals surface area contributed by atoms with Gasteiger partial charge in [-0.15, -0.1) is 0 Å². The summed E-state index contributed by atoms with van der Waals surface area (Å²) in [6, 6.07) is 10.0. The highest BCUT2D eigenvalue weighted by molar-refractivity contribution is 5.37. The molecule has 0 unspecified atom stereocenters. The minimum absolute atomic E-state index is 0.166. The first-order chi connectivity index (χ1) is 9.13. The molecule has 2 aromatic rings. The average Bonchev–Trinajstić information content (AvgIpc) is 2.36. The molecule has 0 radical (unpaired) electrons. The third-order valence-corrected chi connectivity index (χ3v) is 4.11. The van der Waals surface area contributed by atoms with E-state index in [0.717, 1.165) is 24.8 Å². The Balaban J connectivity index is 2.16. The Morgan fingerprint density at radius 3 is 2.47 bits per heavy atom. The largest absolute Gasteiger partial charge is 0.493 e. The number of aromatic nitrogens is 2. The summed E-state index contributed by atoms with van der Waals surface area (Å²) in [7, 11) is 0. The molecule has 4 nitrogen and oxygen atoms in total. The number of aromatic hydroxyl groups is 1. The van der Waals surface area contributed by atoms with E-state index in [-0.39, 0.29) is 22.4 Å². The van der Waals surface area contributed by atoms with Crippen LogP contribution in [0.5, 0.6) is 5.88 Å². The molecule has 98 valence electrons. The van der Waals surface area contributed by atoms with Crippen molar-refractivity contribution in [1.29, 1.82) is 0 Å². The van der Waals surface area contributed by atoms with Gasteiger partial charge in [-0.3, -0.25) is 4.79 Å². The first-order valence-electron chi connectivity index (χ1n) is 6.49. The predicted molar refractivity (Wildman–Crippen MR) is 72.3 cm³/mol. The maximum atomic E-state index is 11.8. The smallest absolute Gasteiger partial charge is 0.257 e. The molecule has 1 saturated carbocycles. The molecule has 0 saturated heterocycles. The first kappa shape index (κ1) is 12.0. The van der Waals surface area contributed by atoms with Crippen molar-refractivity contribution in [1.82, 2.24) is 9.97 Å². The van der Waals surface area contributed by atoms with Crippen LogP contribution in [-0.2, 0) is 5.41 Å². The van der Waals surface area contributed by atoms with E-state index in [1.807, 2.05) is 18.2 Å². The zero-order valence-corrected chi connectivity index (χ0v) is 10.8. The normalized spacial score (nSPS) is 16.9. The van der Waals surface area contributed by atoms with E-state index < -0.39 is 0 Å². The Morgan fingerprint density at radius 2 is 1.95 bits per heavy atom. The van der Waals surface area contributed by atoms with E-state index in [4.69, 9.17) is 0 Å². The Bertz CT molecular complexity index is 658. The summed E-state index contributed by atoms with van der Waals surface area (Å²) in [6.07, 6.45) is 3.00. The molecular weight excluding hydrogens is 240 g/mol. The van der Waals surface area contributed by atoms with Crippen molar-refractivity contribution in [3.05, 3.63) is 57.6 Å². The van der Waals surface area contributed by atoms with Gasteiger partial charge in [0.15, 0.2) is 0 Å². The van der Waals surface area contributed by atoms with E-state index in [1.165, 1.54) is 0 Å². The molecule has 19 heavy (non-hydrogen) atoms. The van der Waals surface area contributed by atoms with Gasteiger partial charge in [0.1, 0.15) is 5.82 Å². The monoisotopic (exact) mass is 256 g/mol. The summed E-state index contributed by atoms with van der Waals surface area (Å²) < 4.78 is 0. The second-order valence-corrected chi connectivity index (χ2v) is 5.16. The van der Waals surface area contributed by atoms with Gasteiger partial charge in [-0.2, -0.15) is 4.98 Å². The standard InChI is InChI=1S/C15H16N2O2/c1-10-12(18)16-14(17-13(10)19)15(8-5-9-15)11-6-3-2-4-7-11/h2-4,6-7H,5,8-9H2,1H3,(H2,16,17,18,19). The van der Waals surface area contributed by atoms with Crippen molar-refractivity contribution in [2.45, 2.75) is 31.6 Å². The highest BCUT2D eigenvalue weighted by Crippen LogP contribution is 2.47.